The number of aliphatic hydroxyl groups excluding tert-OH is 3. The Morgan fingerprint density at radius 1 is 1.00 bits per heavy atom. The van der Waals surface area contributed by atoms with E-state index in [4.69, 9.17) is 25.2 Å². The third-order valence-corrected chi connectivity index (χ3v) is 1.25. The molecule has 0 aromatic rings. The van der Waals surface area contributed by atoms with Crippen molar-refractivity contribution in [3.05, 3.63) is 0 Å². The van der Waals surface area contributed by atoms with Crippen LogP contribution in [0.2, 0.25) is 0 Å². The first kappa shape index (κ1) is 20.4. The van der Waals surface area contributed by atoms with Gasteiger partial charge in [0.2, 0.25) is 0 Å². The molecule has 0 rings (SSSR count). The molecule has 0 heterocycles. The predicted octanol–water partition coefficient (Wildman–Crippen LogP) is -1.65. The molecule has 0 fully saturated rings. The van der Waals surface area contributed by atoms with Gasteiger partial charge in [-0.2, -0.15) is 0 Å². The number of aliphatic hydroxyl groups is 3. The van der Waals surface area contributed by atoms with Crippen LogP contribution in [-0.4, -0.2) is 70.8 Å². The summed E-state index contributed by atoms with van der Waals surface area (Å²) in [7, 11) is 0. The van der Waals surface area contributed by atoms with E-state index in [0.717, 1.165) is 6.92 Å². The third kappa shape index (κ3) is 24.9. The number of aliphatic carboxylic acids is 1. The normalized spacial score (nSPS) is 8.87. The van der Waals surface area contributed by atoms with Crippen LogP contribution in [-0.2, 0) is 24.3 Å². The maximum absolute atomic E-state index is 9.00. The molecule has 0 unspecified atom stereocenters. The second-order valence-electron chi connectivity index (χ2n) is 2.53. The maximum Gasteiger partial charge on any atom is 0.300 e. The van der Waals surface area contributed by atoms with Gasteiger partial charge in [0.15, 0.2) is 0 Å². The summed E-state index contributed by atoms with van der Waals surface area (Å²) in [6.45, 7) is 2.84. The smallest absolute Gasteiger partial charge is 0.300 e. The van der Waals surface area contributed by atoms with Crippen molar-refractivity contribution in [1.82, 2.24) is 4.90 Å². The molecule has 15 heavy (non-hydrogen) atoms. The van der Waals surface area contributed by atoms with Gasteiger partial charge in [-0.25, -0.2) is 0 Å². The summed E-state index contributed by atoms with van der Waals surface area (Å²) >= 11 is 0. The van der Waals surface area contributed by atoms with E-state index < -0.39 is 5.97 Å². The van der Waals surface area contributed by atoms with Crippen LogP contribution in [0.1, 0.15) is 6.92 Å². The molecular weight excluding hydrogens is 255 g/mol. The van der Waals surface area contributed by atoms with Crippen LogP contribution < -0.4 is 0 Å². The molecule has 88 valence electrons. The van der Waals surface area contributed by atoms with Gasteiger partial charge in [-0.3, -0.25) is 9.69 Å². The molecule has 0 bridgehead atoms. The zero-order chi connectivity index (χ0) is 11.4. The van der Waals surface area contributed by atoms with Crippen molar-refractivity contribution in [2.75, 3.05) is 39.5 Å². The summed E-state index contributed by atoms with van der Waals surface area (Å²) in [5, 5.41) is 32.9. The zero-order valence-electron chi connectivity index (χ0n) is 9.09. The number of carboxylic acid groups (broad SMARTS) is 1. The van der Waals surface area contributed by atoms with Crippen molar-refractivity contribution in [3.8, 4) is 0 Å². The van der Waals surface area contributed by atoms with Gasteiger partial charge < -0.3 is 20.4 Å². The molecule has 0 amide bonds. The molecule has 0 saturated carbocycles. The van der Waals surface area contributed by atoms with Gasteiger partial charge in [-0.1, -0.05) is 0 Å². The molecule has 0 spiro atoms. The molecule has 6 nitrogen and oxygen atoms in total. The minimum Gasteiger partial charge on any atom is -0.481 e. The topological polar surface area (TPSA) is 101 Å². The summed E-state index contributed by atoms with van der Waals surface area (Å²) in [5.74, 6) is -0.833. The summed E-state index contributed by atoms with van der Waals surface area (Å²) in [6, 6.07) is 0. The van der Waals surface area contributed by atoms with Crippen LogP contribution >= 0.6 is 0 Å². The van der Waals surface area contributed by atoms with Crippen molar-refractivity contribution in [2.24, 2.45) is 0 Å². The molecule has 0 atom stereocenters. The largest absolute Gasteiger partial charge is 0.481 e. The van der Waals surface area contributed by atoms with Crippen molar-refractivity contribution < 1.29 is 44.7 Å². The van der Waals surface area contributed by atoms with E-state index >= 15 is 0 Å². The van der Waals surface area contributed by atoms with E-state index in [1.54, 1.807) is 4.90 Å². The van der Waals surface area contributed by atoms with E-state index in [-0.39, 0.29) is 39.3 Å². The number of hydrogen-bond acceptors (Lipinski definition) is 5. The fourth-order valence-electron chi connectivity index (χ4n) is 0.760. The van der Waals surface area contributed by atoms with Crippen molar-refractivity contribution in [2.45, 2.75) is 6.92 Å². The zero-order valence-corrected chi connectivity index (χ0v) is 12.1. The second kappa shape index (κ2) is 16.4. The quantitative estimate of drug-likeness (QED) is 0.433. The molecule has 0 aliphatic rings. The van der Waals surface area contributed by atoms with E-state index in [9.17, 15) is 0 Å². The van der Waals surface area contributed by atoms with Crippen molar-refractivity contribution in [3.63, 3.8) is 0 Å². The molecule has 7 heteroatoms. The summed E-state index contributed by atoms with van der Waals surface area (Å²) < 4.78 is 0. The first-order chi connectivity index (χ1) is 6.58. The standard InChI is InChI=1S/C6H15NO3.C2H4O2.Zn/c8-4-1-7(2-5-9)3-6-10;1-2(3)4;/h8-10H,1-6H2;1H3,(H,3,4);. The Morgan fingerprint density at radius 3 is 1.33 bits per heavy atom. The summed E-state index contributed by atoms with van der Waals surface area (Å²) in [6.07, 6.45) is 0. The molecular formula is C8H19NO5Zn. The van der Waals surface area contributed by atoms with Gasteiger partial charge in [0.05, 0.1) is 19.8 Å². The minimum absolute atomic E-state index is 0. The second-order valence-corrected chi connectivity index (χ2v) is 2.53. The fourth-order valence-corrected chi connectivity index (χ4v) is 0.760. The van der Waals surface area contributed by atoms with Crippen LogP contribution in [0, 0.1) is 0 Å². The van der Waals surface area contributed by atoms with Crippen LogP contribution in [0.5, 0.6) is 0 Å². The van der Waals surface area contributed by atoms with Gasteiger partial charge in [0, 0.05) is 46.0 Å². The third-order valence-electron chi connectivity index (χ3n) is 1.25. The number of hydrogen-bond donors (Lipinski definition) is 4. The van der Waals surface area contributed by atoms with Gasteiger partial charge in [0.25, 0.3) is 5.97 Å². The molecule has 0 aliphatic heterocycles. The molecule has 4 N–H and O–H groups in total. The molecule has 0 aromatic carbocycles. The van der Waals surface area contributed by atoms with Gasteiger partial charge in [0.1, 0.15) is 0 Å². The Hall–Kier alpha value is -0.0666. The Labute approximate surface area is 102 Å². The number of nitrogens with zero attached hydrogens (tertiary/aromatic N) is 1. The monoisotopic (exact) mass is 273 g/mol. The van der Waals surface area contributed by atoms with Crippen LogP contribution in [0.4, 0.5) is 0 Å². The van der Waals surface area contributed by atoms with Crippen molar-refractivity contribution in [1.29, 1.82) is 0 Å². The molecule has 0 aliphatic carbocycles. The summed E-state index contributed by atoms with van der Waals surface area (Å²) in [4.78, 5) is 10.8. The van der Waals surface area contributed by atoms with E-state index in [0.29, 0.717) is 19.6 Å². The Morgan fingerprint density at radius 2 is 1.20 bits per heavy atom. The fraction of sp³-hybridized carbons (Fsp3) is 0.875. The Kier molecular flexibility index (Phi) is 22.2. The average Bonchev–Trinajstić information content (AvgIpc) is 2.04. The summed E-state index contributed by atoms with van der Waals surface area (Å²) in [5.41, 5.74) is 0. The van der Waals surface area contributed by atoms with Crippen LogP contribution in [0.3, 0.4) is 0 Å². The number of carboxylic acids is 1. The number of carbonyl (C=O) groups is 1. The van der Waals surface area contributed by atoms with Crippen LogP contribution in [0.25, 0.3) is 0 Å². The van der Waals surface area contributed by atoms with Crippen LogP contribution in [0.15, 0.2) is 0 Å². The first-order valence-corrected chi connectivity index (χ1v) is 4.33. The van der Waals surface area contributed by atoms with E-state index in [1.807, 2.05) is 0 Å². The first-order valence-electron chi connectivity index (χ1n) is 4.33. The van der Waals surface area contributed by atoms with Gasteiger partial charge >= 0.3 is 0 Å². The average molecular weight is 275 g/mol. The van der Waals surface area contributed by atoms with Gasteiger partial charge in [-0.05, 0) is 0 Å². The molecule has 0 aromatic heterocycles. The SMILES string of the molecule is CC(=O)O.OCCN(CCO)CCO.[Zn]. The van der Waals surface area contributed by atoms with E-state index in [1.165, 1.54) is 0 Å². The Bertz CT molecular complexity index is 118. The van der Waals surface area contributed by atoms with E-state index in [2.05, 4.69) is 0 Å². The molecule has 0 saturated heterocycles. The van der Waals surface area contributed by atoms with Gasteiger partial charge in [-0.15, -0.1) is 0 Å². The molecule has 0 radical (unpaired) electrons. The number of rotatable bonds is 6. The maximum atomic E-state index is 9.00. The Balaban J connectivity index is -0.000000249. The minimum atomic E-state index is -0.833. The predicted molar refractivity (Wildman–Crippen MR) is 51.0 cm³/mol. The van der Waals surface area contributed by atoms with Crippen molar-refractivity contribution >= 4 is 5.97 Å².